The molecule has 1 aromatic rings. The van der Waals surface area contributed by atoms with Crippen molar-refractivity contribution >= 4 is 21.4 Å². The van der Waals surface area contributed by atoms with Crippen LogP contribution in [0.25, 0.3) is 0 Å². The minimum Gasteiger partial charge on any atom is -0.385 e. The molecule has 6 nitrogen and oxygen atoms in total. The van der Waals surface area contributed by atoms with Gasteiger partial charge in [-0.1, -0.05) is 11.6 Å². The summed E-state index contributed by atoms with van der Waals surface area (Å²) in [6, 6.07) is 0. The van der Waals surface area contributed by atoms with Gasteiger partial charge in [0.25, 0.3) is 0 Å². The number of ether oxygens (including phenoxy) is 1. The quantitative estimate of drug-likeness (QED) is 0.833. The minimum atomic E-state index is -3.36. The summed E-state index contributed by atoms with van der Waals surface area (Å²) in [4.78, 5) is 0. The number of halogens is 1. The number of nitrogens with zero attached hydrogens (tertiary/aromatic N) is 2. The second kappa shape index (κ2) is 6.01. The van der Waals surface area contributed by atoms with Gasteiger partial charge in [0, 0.05) is 13.4 Å². The number of rotatable bonds is 6. The average molecular weight is 297 g/mol. The molecule has 0 amide bonds. The highest BCUT2D eigenvalue weighted by molar-refractivity contribution is 7.91. The molecule has 2 atom stereocenters. The van der Waals surface area contributed by atoms with Crippen LogP contribution in [0.2, 0.25) is 5.02 Å². The normalized spacial score (nSPS) is 15.6. The van der Waals surface area contributed by atoms with E-state index in [1.807, 2.05) is 0 Å². The number of aliphatic hydroxyl groups excluding tert-OH is 1. The lowest BCUT2D eigenvalue weighted by Crippen LogP contribution is -2.27. The molecule has 0 saturated heterocycles. The maximum Gasteiger partial charge on any atom is 0.152 e. The van der Waals surface area contributed by atoms with E-state index in [1.165, 1.54) is 17.8 Å². The molecule has 0 bridgehead atoms. The van der Waals surface area contributed by atoms with Gasteiger partial charge in [0.1, 0.15) is 6.10 Å². The van der Waals surface area contributed by atoms with Crippen LogP contribution in [0.15, 0.2) is 6.20 Å². The van der Waals surface area contributed by atoms with Gasteiger partial charge < -0.3 is 9.84 Å². The lowest BCUT2D eigenvalue weighted by Gasteiger charge is -2.19. The summed E-state index contributed by atoms with van der Waals surface area (Å²) in [5.74, 6) is 0. The number of hydrogen-bond acceptors (Lipinski definition) is 5. The van der Waals surface area contributed by atoms with Gasteiger partial charge >= 0.3 is 0 Å². The Bertz CT molecular complexity index is 500. The van der Waals surface area contributed by atoms with Gasteiger partial charge in [0.15, 0.2) is 9.84 Å². The topological polar surface area (TPSA) is 81.4 Å². The van der Waals surface area contributed by atoms with Crippen molar-refractivity contribution in [1.82, 2.24) is 9.78 Å². The van der Waals surface area contributed by atoms with E-state index in [-0.39, 0.29) is 5.02 Å². The van der Waals surface area contributed by atoms with E-state index in [0.29, 0.717) is 18.8 Å². The van der Waals surface area contributed by atoms with Gasteiger partial charge in [-0.25, -0.2) is 8.42 Å². The molecule has 1 aromatic heterocycles. The molecule has 1 N–H and O–H groups in total. The number of aromatic nitrogens is 2. The zero-order chi connectivity index (χ0) is 13.9. The van der Waals surface area contributed by atoms with E-state index in [9.17, 15) is 13.5 Å². The van der Waals surface area contributed by atoms with E-state index in [1.54, 1.807) is 7.11 Å². The first-order chi connectivity index (χ1) is 8.29. The molecule has 0 aliphatic carbocycles. The van der Waals surface area contributed by atoms with Crippen molar-refractivity contribution in [2.75, 3.05) is 20.0 Å². The van der Waals surface area contributed by atoms with Gasteiger partial charge in [-0.3, -0.25) is 4.68 Å². The van der Waals surface area contributed by atoms with Crippen LogP contribution in [-0.2, 0) is 21.1 Å². The van der Waals surface area contributed by atoms with Crippen LogP contribution in [0.3, 0.4) is 0 Å². The summed E-state index contributed by atoms with van der Waals surface area (Å²) in [5, 5.41) is 13.4. The largest absolute Gasteiger partial charge is 0.385 e. The Morgan fingerprint density at radius 3 is 2.72 bits per heavy atom. The van der Waals surface area contributed by atoms with Crippen molar-refractivity contribution in [1.29, 1.82) is 0 Å². The molecule has 104 valence electrons. The van der Waals surface area contributed by atoms with Gasteiger partial charge in [-0.2, -0.15) is 5.10 Å². The van der Waals surface area contributed by atoms with Gasteiger partial charge in [-0.15, -0.1) is 0 Å². The number of sulfone groups is 1. The Labute approximate surface area is 111 Å². The van der Waals surface area contributed by atoms with Crippen molar-refractivity contribution < 1.29 is 18.3 Å². The highest BCUT2D eigenvalue weighted by atomic mass is 35.5. The van der Waals surface area contributed by atoms with E-state index in [0.717, 1.165) is 6.26 Å². The van der Waals surface area contributed by atoms with E-state index in [4.69, 9.17) is 16.3 Å². The molecule has 1 heterocycles. The minimum absolute atomic E-state index is 0.245. The van der Waals surface area contributed by atoms with Crippen molar-refractivity contribution in [2.45, 2.75) is 24.8 Å². The Balaban J connectivity index is 3.04. The smallest absolute Gasteiger partial charge is 0.152 e. The molecule has 0 radical (unpaired) electrons. The molecule has 2 unspecified atom stereocenters. The van der Waals surface area contributed by atoms with Crippen LogP contribution in [0.4, 0.5) is 0 Å². The first-order valence-corrected chi connectivity index (χ1v) is 7.69. The summed E-state index contributed by atoms with van der Waals surface area (Å²) in [5.41, 5.74) is 0.298. The third kappa shape index (κ3) is 3.44. The first-order valence-electron chi connectivity index (χ1n) is 5.36. The molecule has 18 heavy (non-hydrogen) atoms. The monoisotopic (exact) mass is 296 g/mol. The number of methoxy groups -OCH3 is 1. The fourth-order valence-corrected chi connectivity index (χ4v) is 2.33. The molecular weight excluding hydrogens is 280 g/mol. The number of hydrogen-bond donors (Lipinski definition) is 1. The second-order valence-corrected chi connectivity index (χ2v) is 6.88. The third-order valence-corrected chi connectivity index (χ3v) is 4.64. The lowest BCUT2D eigenvalue weighted by atomic mass is 10.2. The summed E-state index contributed by atoms with van der Waals surface area (Å²) in [7, 11) is -1.82. The molecule has 1 rings (SSSR count). The fraction of sp³-hybridized carbons (Fsp3) is 0.700. The third-order valence-electron chi connectivity index (χ3n) is 2.74. The van der Waals surface area contributed by atoms with Crippen molar-refractivity contribution in [2.24, 2.45) is 0 Å². The predicted molar refractivity (Wildman–Crippen MR) is 68.4 cm³/mol. The second-order valence-electron chi connectivity index (χ2n) is 4.07. The lowest BCUT2D eigenvalue weighted by molar-refractivity contribution is 0.152. The molecule has 0 aliphatic rings. The Kier molecular flexibility index (Phi) is 5.15. The SMILES string of the molecule is COCCn1ncc(Cl)c1C(O)C(C)S(C)(=O)=O. The maximum absolute atomic E-state index is 11.4. The van der Waals surface area contributed by atoms with Gasteiger partial charge in [-0.05, 0) is 6.92 Å². The number of aliphatic hydroxyl groups is 1. The van der Waals surface area contributed by atoms with Crippen LogP contribution in [0, 0.1) is 0 Å². The van der Waals surface area contributed by atoms with Crippen LogP contribution >= 0.6 is 11.6 Å². The van der Waals surface area contributed by atoms with Crippen molar-refractivity contribution in [3.05, 3.63) is 16.9 Å². The van der Waals surface area contributed by atoms with Crippen LogP contribution in [0.5, 0.6) is 0 Å². The van der Waals surface area contributed by atoms with E-state index >= 15 is 0 Å². The van der Waals surface area contributed by atoms with Crippen LogP contribution < -0.4 is 0 Å². The standard InChI is InChI=1S/C10H17ClN2O4S/c1-7(18(3,15)16)10(14)9-8(11)6-12-13(9)4-5-17-2/h6-7,10,14H,4-5H2,1-3H3. The first kappa shape index (κ1) is 15.4. The molecule has 0 fully saturated rings. The molecule has 8 heteroatoms. The van der Waals surface area contributed by atoms with E-state index in [2.05, 4.69) is 5.10 Å². The Hall–Kier alpha value is -0.630. The van der Waals surface area contributed by atoms with Crippen molar-refractivity contribution in [3.8, 4) is 0 Å². The Morgan fingerprint density at radius 2 is 2.22 bits per heavy atom. The molecule has 0 aromatic carbocycles. The Morgan fingerprint density at radius 1 is 1.61 bits per heavy atom. The summed E-state index contributed by atoms with van der Waals surface area (Å²) in [6.45, 7) is 2.22. The van der Waals surface area contributed by atoms with Crippen LogP contribution in [-0.4, -0.2) is 48.5 Å². The average Bonchev–Trinajstić information content (AvgIpc) is 2.64. The summed E-state index contributed by atoms with van der Waals surface area (Å²) in [6.07, 6.45) is 1.24. The predicted octanol–water partition coefficient (Wildman–Crippen LogP) is 0.649. The maximum atomic E-state index is 11.4. The molecule has 0 spiro atoms. The highest BCUT2D eigenvalue weighted by Gasteiger charge is 2.30. The molecule has 0 saturated carbocycles. The fourth-order valence-electron chi connectivity index (χ4n) is 1.48. The summed E-state index contributed by atoms with van der Waals surface area (Å²) >= 11 is 5.93. The van der Waals surface area contributed by atoms with E-state index < -0.39 is 21.2 Å². The molecular formula is C10H17ClN2O4S. The zero-order valence-electron chi connectivity index (χ0n) is 10.5. The zero-order valence-corrected chi connectivity index (χ0v) is 12.1. The van der Waals surface area contributed by atoms with Crippen molar-refractivity contribution in [3.63, 3.8) is 0 Å². The van der Waals surface area contributed by atoms with Crippen LogP contribution in [0.1, 0.15) is 18.7 Å². The van der Waals surface area contributed by atoms with Gasteiger partial charge in [0.2, 0.25) is 0 Å². The molecule has 0 aliphatic heterocycles. The summed E-state index contributed by atoms with van der Waals surface area (Å²) < 4.78 is 29.3. The highest BCUT2D eigenvalue weighted by Crippen LogP contribution is 2.27. The van der Waals surface area contributed by atoms with Gasteiger partial charge in [0.05, 0.1) is 35.3 Å².